The molecule has 3 aliphatic heterocycles. The van der Waals surface area contributed by atoms with Crippen molar-refractivity contribution in [3.05, 3.63) is 84.2 Å². The molecule has 1 aromatic heterocycles. The van der Waals surface area contributed by atoms with Crippen LogP contribution in [0, 0.1) is 0 Å². The number of benzene rings is 2. The summed E-state index contributed by atoms with van der Waals surface area (Å²) in [5, 5.41) is 0. The first-order valence-corrected chi connectivity index (χ1v) is 13.5. The van der Waals surface area contributed by atoms with Crippen molar-refractivity contribution >= 4 is 15.9 Å². The molecule has 1 amide bonds. The number of piperazine rings is 1. The highest BCUT2D eigenvalue weighted by atomic mass is 32.2. The predicted octanol–water partition coefficient (Wildman–Crippen LogP) is 4.31. The zero-order chi connectivity index (χ0) is 24.2. The SMILES string of the molecule is C[C@H]1Cc2ccccc2[C@@H]2[C@H]3CCCC(C(=O)N21)N3S(=O)(=O)c1ccc(Oc2ccncc2)cc1. The third kappa shape index (κ3) is 3.63. The van der Waals surface area contributed by atoms with Gasteiger partial charge in [0.2, 0.25) is 15.9 Å². The van der Waals surface area contributed by atoms with Crippen molar-refractivity contribution in [1.82, 2.24) is 14.2 Å². The van der Waals surface area contributed by atoms with Gasteiger partial charge in [0.05, 0.1) is 17.0 Å². The lowest BCUT2D eigenvalue weighted by atomic mass is 9.78. The minimum absolute atomic E-state index is 0.0416. The monoisotopic (exact) mass is 489 g/mol. The lowest BCUT2D eigenvalue weighted by Gasteiger charge is -2.56. The van der Waals surface area contributed by atoms with Gasteiger partial charge in [-0.1, -0.05) is 24.3 Å². The molecule has 0 radical (unpaired) electrons. The molecule has 0 aliphatic carbocycles. The lowest BCUT2D eigenvalue weighted by Crippen LogP contribution is -2.68. The average molecular weight is 490 g/mol. The number of carbonyl (C=O) groups is 1. The van der Waals surface area contributed by atoms with Gasteiger partial charge in [-0.25, -0.2) is 8.42 Å². The van der Waals surface area contributed by atoms with Gasteiger partial charge >= 0.3 is 0 Å². The van der Waals surface area contributed by atoms with E-state index in [1.54, 1.807) is 48.8 Å². The molecular weight excluding hydrogens is 462 g/mol. The Morgan fingerprint density at radius 1 is 0.943 bits per heavy atom. The van der Waals surface area contributed by atoms with Crippen molar-refractivity contribution in [2.45, 2.75) is 61.7 Å². The standard InChI is InChI=1S/C27H27N3O4S/c1-18-17-19-5-2-3-6-23(19)26-24-7-4-8-25(27(31)29(18)26)30(24)35(32,33)22-11-9-20(10-12-22)34-21-13-15-28-16-14-21/h2-3,5-6,9-16,18,24-26H,4,7-8,17H2,1H3/t18-,24+,25?,26+/m0/s1. The summed E-state index contributed by atoms with van der Waals surface area (Å²) < 4.78 is 35.3. The lowest BCUT2D eigenvalue weighted by molar-refractivity contribution is -0.153. The number of fused-ring (bicyclic) bond motifs is 6. The van der Waals surface area contributed by atoms with Crippen LogP contribution in [0.15, 0.2) is 78.0 Å². The summed E-state index contributed by atoms with van der Waals surface area (Å²) in [6.45, 7) is 2.07. The van der Waals surface area contributed by atoms with Crippen LogP contribution in [0.5, 0.6) is 11.5 Å². The molecule has 35 heavy (non-hydrogen) atoms. The highest BCUT2D eigenvalue weighted by molar-refractivity contribution is 7.89. The Morgan fingerprint density at radius 2 is 1.66 bits per heavy atom. The van der Waals surface area contributed by atoms with Crippen LogP contribution in [0.3, 0.4) is 0 Å². The van der Waals surface area contributed by atoms with E-state index < -0.39 is 16.1 Å². The quantitative estimate of drug-likeness (QED) is 0.546. The summed E-state index contributed by atoms with van der Waals surface area (Å²) in [5.74, 6) is 1.08. The fraction of sp³-hybridized carbons (Fsp3) is 0.333. The molecule has 180 valence electrons. The van der Waals surface area contributed by atoms with Gasteiger partial charge < -0.3 is 9.64 Å². The fourth-order valence-corrected chi connectivity index (χ4v) is 7.82. The molecule has 2 fully saturated rings. The van der Waals surface area contributed by atoms with Crippen LogP contribution >= 0.6 is 0 Å². The maximum absolute atomic E-state index is 14.0. The van der Waals surface area contributed by atoms with Gasteiger partial charge in [0.15, 0.2) is 0 Å². The van der Waals surface area contributed by atoms with Gasteiger partial charge in [0, 0.05) is 18.4 Å². The first-order chi connectivity index (χ1) is 16.9. The van der Waals surface area contributed by atoms with Gasteiger partial charge in [-0.05, 0) is 80.1 Å². The second-order valence-corrected chi connectivity index (χ2v) is 11.4. The molecule has 2 aromatic carbocycles. The number of hydrogen-bond donors (Lipinski definition) is 0. The molecule has 2 bridgehead atoms. The first-order valence-electron chi connectivity index (χ1n) is 12.1. The Kier molecular flexibility index (Phi) is 5.38. The summed E-state index contributed by atoms with van der Waals surface area (Å²) in [6.07, 6.45) is 6.18. The van der Waals surface area contributed by atoms with E-state index in [0.717, 1.165) is 24.8 Å². The maximum atomic E-state index is 14.0. The van der Waals surface area contributed by atoms with Gasteiger partial charge in [0.1, 0.15) is 17.5 Å². The smallest absolute Gasteiger partial charge is 0.244 e. The molecule has 8 heteroatoms. The molecule has 6 rings (SSSR count). The number of rotatable bonds is 4. The van der Waals surface area contributed by atoms with Gasteiger partial charge in [-0.3, -0.25) is 9.78 Å². The summed E-state index contributed by atoms with van der Waals surface area (Å²) in [5.41, 5.74) is 2.28. The Hall–Kier alpha value is -3.23. The summed E-state index contributed by atoms with van der Waals surface area (Å²) in [4.78, 5) is 19.8. The molecular formula is C27H27N3O4S. The van der Waals surface area contributed by atoms with Crippen LogP contribution in [-0.4, -0.2) is 46.6 Å². The molecule has 0 saturated carbocycles. The highest BCUT2D eigenvalue weighted by Crippen LogP contribution is 2.47. The Bertz CT molecular complexity index is 1360. The number of sulfonamides is 1. The van der Waals surface area contributed by atoms with E-state index in [9.17, 15) is 13.2 Å². The number of aromatic nitrogens is 1. The van der Waals surface area contributed by atoms with Crippen molar-refractivity contribution in [1.29, 1.82) is 0 Å². The van der Waals surface area contributed by atoms with Crippen molar-refractivity contribution in [2.75, 3.05) is 0 Å². The van der Waals surface area contributed by atoms with E-state index in [1.165, 1.54) is 9.87 Å². The zero-order valence-electron chi connectivity index (χ0n) is 19.4. The van der Waals surface area contributed by atoms with Crippen LogP contribution in [0.4, 0.5) is 0 Å². The molecule has 4 atom stereocenters. The molecule has 3 aromatic rings. The Labute approximate surface area is 205 Å². The third-order valence-corrected chi connectivity index (χ3v) is 9.41. The van der Waals surface area contributed by atoms with E-state index in [4.69, 9.17) is 4.74 Å². The maximum Gasteiger partial charge on any atom is 0.244 e. The molecule has 0 spiro atoms. The topological polar surface area (TPSA) is 79.8 Å². The number of ether oxygens (including phenoxy) is 1. The summed E-state index contributed by atoms with van der Waals surface area (Å²) in [7, 11) is -3.89. The average Bonchev–Trinajstić information content (AvgIpc) is 2.87. The van der Waals surface area contributed by atoms with E-state index in [-0.39, 0.29) is 28.9 Å². The van der Waals surface area contributed by atoms with Crippen LogP contribution < -0.4 is 4.74 Å². The number of nitrogens with zero attached hydrogens (tertiary/aromatic N) is 3. The van der Waals surface area contributed by atoms with E-state index >= 15 is 0 Å². The second-order valence-electron chi connectivity index (χ2n) is 9.55. The molecule has 7 nitrogen and oxygen atoms in total. The van der Waals surface area contributed by atoms with Gasteiger partial charge in [-0.15, -0.1) is 0 Å². The minimum atomic E-state index is -3.89. The first kappa shape index (κ1) is 22.2. The van der Waals surface area contributed by atoms with Crippen LogP contribution in [0.2, 0.25) is 0 Å². The zero-order valence-corrected chi connectivity index (χ0v) is 20.3. The predicted molar refractivity (Wildman–Crippen MR) is 130 cm³/mol. The van der Waals surface area contributed by atoms with Crippen molar-refractivity contribution in [2.24, 2.45) is 0 Å². The van der Waals surface area contributed by atoms with Crippen LogP contribution in [0.25, 0.3) is 0 Å². The number of amides is 1. The van der Waals surface area contributed by atoms with Crippen molar-refractivity contribution < 1.29 is 17.9 Å². The molecule has 0 N–H and O–H groups in total. The molecule has 4 heterocycles. The third-order valence-electron chi connectivity index (χ3n) is 7.46. The van der Waals surface area contributed by atoms with E-state index in [0.29, 0.717) is 17.9 Å². The van der Waals surface area contributed by atoms with Gasteiger partial charge in [0.25, 0.3) is 0 Å². The number of carbonyl (C=O) groups excluding carboxylic acids is 1. The molecule has 3 aliphatic rings. The van der Waals surface area contributed by atoms with Crippen molar-refractivity contribution in [3.63, 3.8) is 0 Å². The summed E-state index contributed by atoms with van der Waals surface area (Å²) >= 11 is 0. The highest BCUT2D eigenvalue weighted by Gasteiger charge is 2.56. The normalized spacial score (nSPS) is 26.1. The number of hydrogen-bond acceptors (Lipinski definition) is 5. The molecule has 1 unspecified atom stereocenters. The summed E-state index contributed by atoms with van der Waals surface area (Å²) in [6, 6.07) is 16.9. The fourth-order valence-electron chi connectivity index (χ4n) is 5.99. The van der Waals surface area contributed by atoms with Crippen LogP contribution in [0.1, 0.15) is 43.4 Å². The second kappa shape index (κ2) is 8.46. The molecule has 2 saturated heterocycles. The van der Waals surface area contributed by atoms with Crippen LogP contribution in [-0.2, 0) is 21.2 Å². The van der Waals surface area contributed by atoms with E-state index in [1.807, 2.05) is 17.0 Å². The van der Waals surface area contributed by atoms with E-state index in [2.05, 4.69) is 24.0 Å². The minimum Gasteiger partial charge on any atom is -0.457 e. The number of pyridine rings is 1. The Morgan fingerprint density at radius 3 is 2.43 bits per heavy atom. The Balaban J connectivity index is 1.37. The van der Waals surface area contributed by atoms with Crippen molar-refractivity contribution in [3.8, 4) is 11.5 Å². The number of piperidine rings is 1. The largest absolute Gasteiger partial charge is 0.457 e. The van der Waals surface area contributed by atoms with Gasteiger partial charge in [-0.2, -0.15) is 4.31 Å².